The fourth-order valence-electron chi connectivity index (χ4n) is 5.99. The number of fused-ring (bicyclic) bond motifs is 2. The molecule has 0 spiro atoms. The first-order valence-corrected chi connectivity index (χ1v) is 10.2. The van der Waals surface area contributed by atoms with E-state index in [1.807, 2.05) is 0 Å². The molecule has 4 unspecified atom stereocenters. The Labute approximate surface area is 159 Å². The second-order valence-electron chi connectivity index (χ2n) is 8.74. The summed E-state index contributed by atoms with van der Waals surface area (Å²) in [4.78, 5) is 16.1. The minimum atomic E-state index is -0.0926. The van der Waals surface area contributed by atoms with Gasteiger partial charge in [0.05, 0.1) is 6.54 Å². The van der Waals surface area contributed by atoms with E-state index in [1.165, 1.54) is 56.8 Å². The first-order valence-electron chi connectivity index (χ1n) is 10.2. The van der Waals surface area contributed by atoms with Gasteiger partial charge in [0.1, 0.15) is 6.33 Å². The summed E-state index contributed by atoms with van der Waals surface area (Å²) < 4.78 is 0. The van der Waals surface area contributed by atoms with E-state index in [4.69, 9.17) is 0 Å². The second-order valence-corrected chi connectivity index (χ2v) is 8.74. The predicted molar refractivity (Wildman–Crippen MR) is 104 cm³/mol. The smallest absolute Gasteiger partial charge is 0.243 e. The topological polar surface area (TPSA) is 82.7 Å². The van der Waals surface area contributed by atoms with Gasteiger partial charge in [0, 0.05) is 5.69 Å². The van der Waals surface area contributed by atoms with E-state index in [-0.39, 0.29) is 12.5 Å². The molecule has 3 saturated carbocycles. The van der Waals surface area contributed by atoms with Crippen molar-refractivity contribution >= 4 is 17.5 Å². The maximum atomic E-state index is 12.1. The highest BCUT2D eigenvalue weighted by atomic mass is 16.1. The highest BCUT2D eigenvalue weighted by Crippen LogP contribution is 2.58. The summed E-state index contributed by atoms with van der Waals surface area (Å²) >= 11 is 0. The number of carbonyl (C=O) groups is 1. The molecule has 6 heteroatoms. The minimum Gasteiger partial charge on any atom is -0.346 e. The van der Waals surface area contributed by atoms with Gasteiger partial charge < -0.3 is 10.6 Å². The molecule has 3 N–H and O–H groups in total. The zero-order valence-electron chi connectivity index (χ0n) is 15.6. The third-order valence-electron chi connectivity index (χ3n) is 7.19. The molecule has 3 fully saturated rings. The van der Waals surface area contributed by atoms with Crippen LogP contribution in [-0.4, -0.2) is 27.6 Å². The van der Waals surface area contributed by atoms with Crippen molar-refractivity contribution in [2.45, 2.75) is 50.4 Å². The Morgan fingerprint density at radius 1 is 1.15 bits per heavy atom. The monoisotopic (exact) mass is 365 g/mol. The number of hydrogen-bond donors (Lipinski definition) is 3. The Hall–Kier alpha value is -2.37. The molecule has 0 radical (unpaired) electrons. The number of anilines is 2. The van der Waals surface area contributed by atoms with E-state index < -0.39 is 0 Å². The van der Waals surface area contributed by atoms with Gasteiger partial charge in [-0.15, -0.1) is 0 Å². The zero-order chi connectivity index (χ0) is 18.3. The van der Waals surface area contributed by atoms with E-state index in [2.05, 4.69) is 50.1 Å². The Bertz CT molecular complexity index is 798. The first-order chi connectivity index (χ1) is 13.2. The summed E-state index contributed by atoms with van der Waals surface area (Å²) in [6.45, 7) is 0.158. The molecule has 2 aromatic rings. The predicted octanol–water partition coefficient (Wildman–Crippen LogP) is 3.71. The van der Waals surface area contributed by atoms with Gasteiger partial charge >= 0.3 is 0 Å². The first kappa shape index (κ1) is 16.8. The molecule has 6 nitrogen and oxygen atoms in total. The lowest BCUT2D eigenvalue weighted by Gasteiger charge is -2.55. The number of hydrogen-bond acceptors (Lipinski definition) is 4. The van der Waals surface area contributed by atoms with E-state index in [1.54, 1.807) is 0 Å². The molecule has 3 bridgehead atoms. The summed E-state index contributed by atoms with van der Waals surface area (Å²) in [6, 6.07) is 8.63. The van der Waals surface area contributed by atoms with Crippen molar-refractivity contribution in [3.05, 3.63) is 36.2 Å². The molecule has 1 aromatic heterocycles. The lowest BCUT2D eigenvalue weighted by atomic mass is 9.50. The van der Waals surface area contributed by atoms with Crippen LogP contribution < -0.4 is 10.6 Å². The molecular weight excluding hydrogens is 338 g/mol. The lowest BCUT2D eigenvalue weighted by molar-refractivity contribution is -0.114. The van der Waals surface area contributed by atoms with Crippen LogP contribution in [0.1, 0.15) is 50.5 Å². The number of benzene rings is 1. The SMILES string of the molecule is O=C(CNc1ncn[nH]1)Nc1ccc(C23CCC4CCC(CC4C2)C3)cc1. The number of amides is 1. The number of aromatic nitrogens is 3. The molecule has 142 valence electrons. The highest BCUT2D eigenvalue weighted by molar-refractivity contribution is 5.93. The molecule has 0 saturated heterocycles. The molecule has 0 aliphatic heterocycles. The van der Waals surface area contributed by atoms with E-state index in [0.29, 0.717) is 11.4 Å². The highest BCUT2D eigenvalue weighted by Gasteiger charge is 2.49. The summed E-state index contributed by atoms with van der Waals surface area (Å²) in [7, 11) is 0. The molecule has 1 amide bonds. The van der Waals surface area contributed by atoms with Crippen molar-refractivity contribution in [3.63, 3.8) is 0 Å². The average Bonchev–Trinajstić information content (AvgIpc) is 3.19. The fourth-order valence-corrected chi connectivity index (χ4v) is 5.99. The van der Waals surface area contributed by atoms with Crippen LogP contribution in [0.25, 0.3) is 0 Å². The lowest BCUT2D eigenvalue weighted by Crippen LogP contribution is -2.46. The summed E-state index contributed by atoms with van der Waals surface area (Å²) in [5.41, 5.74) is 2.72. The molecule has 4 atom stereocenters. The zero-order valence-corrected chi connectivity index (χ0v) is 15.6. The molecule has 1 aromatic carbocycles. The second kappa shape index (κ2) is 6.66. The molecule has 1 heterocycles. The quantitative estimate of drug-likeness (QED) is 0.754. The number of nitrogens with one attached hydrogen (secondary N) is 3. The maximum absolute atomic E-state index is 12.1. The van der Waals surface area contributed by atoms with Gasteiger partial charge in [-0.05, 0) is 79.4 Å². The third-order valence-corrected chi connectivity index (χ3v) is 7.19. The number of nitrogens with zero attached hydrogens (tertiary/aromatic N) is 2. The van der Waals surface area contributed by atoms with Crippen molar-refractivity contribution in [1.82, 2.24) is 15.2 Å². The van der Waals surface area contributed by atoms with Crippen LogP contribution in [0.15, 0.2) is 30.6 Å². The van der Waals surface area contributed by atoms with Gasteiger partial charge in [-0.2, -0.15) is 5.10 Å². The van der Waals surface area contributed by atoms with Crippen LogP contribution in [0.2, 0.25) is 0 Å². The number of H-pyrrole nitrogens is 1. The van der Waals surface area contributed by atoms with Gasteiger partial charge in [0.2, 0.25) is 11.9 Å². The van der Waals surface area contributed by atoms with Crippen molar-refractivity contribution in [1.29, 1.82) is 0 Å². The van der Waals surface area contributed by atoms with E-state index in [9.17, 15) is 4.79 Å². The summed E-state index contributed by atoms with van der Waals surface area (Å²) in [6.07, 6.45) is 11.3. The van der Waals surface area contributed by atoms with Crippen molar-refractivity contribution in [2.24, 2.45) is 17.8 Å². The van der Waals surface area contributed by atoms with Crippen LogP contribution in [0, 0.1) is 17.8 Å². The van der Waals surface area contributed by atoms with Gasteiger partial charge in [-0.1, -0.05) is 18.6 Å². The van der Waals surface area contributed by atoms with Crippen LogP contribution in [0.3, 0.4) is 0 Å². The molecule has 3 aliphatic rings. The molecule has 3 aliphatic carbocycles. The van der Waals surface area contributed by atoms with Gasteiger partial charge in [-0.25, -0.2) is 10.1 Å². The Morgan fingerprint density at radius 3 is 2.85 bits per heavy atom. The van der Waals surface area contributed by atoms with Crippen molar-refractivity contribution in [2.75, 3.05) is 17.2 Å². The minimum absolute atomic E-state index is 0.0926. The number of aromatic amines is 1. The van der Waals surface area contributed by atoms with Gasteiger partial charge in [0.15, 0.2) is 0 Å². The Morgan fingerprint density at radius 2 is 2.04 bits per heavy atom. The molecule has 27 heavy (non-hydrogen) atoms. The van der Waals surface area contributed by atoms with E-state index >= 15 is 0 Å². The van der Waals surface area contributed by atoms with Crippen LogP contribution >= 0.6 is 0 Å². The van der Waals surface area contributed by atoms with Crippen LogP contribution in [-0.2, 0) is 10.2 Å². The van der Waals surface area contributed by atoms with Crippen molar-refractivity contribution < 1.29 is 4.79 Å². The Balaban J connectivity index is 1.24. The average molecular weight is 365 g/mol. The summed E-state index contributed by atoms with van der Waals surface area (Å²) in [5, 5.41) is 12.3. The van der Waals surface area contributed by atoms with Crippen LogP contribution in [0.5, 0.6) is 0 Å². The maximum Gasteiger partial charge on any atom is 0.243 e. The van der Waals surface area contributed by atoms with Crippen molar-refractivity contribution in [3.8, 4) is 0 Å². The third kappa shape index (κ3) is 3.22. The fraction of sp³-hybridized carbons (Fsp3) is 0.571. The number of carbonyl (C=O) groups excluding carboxylic acids is 1. The Kier molecular flexibility index (Phi) is 4.14. The normalized spacial score (nSPS) is 31.5. The van der Waals surface area contributed by atoms with Gasteiger partial charge in [-0.3, -0.25) is 4.79 Å². The number of rotatable bonds is 5. The largest absolute Gasteiger partial charge is 0.346 e. The van der Waals surface area contributed by atoms with Gasteiger partial charge in [0.25, 0.3) is 0 Å². The summed E-state index contributed by atoms with van der Waals surface area (Å²) in [5.74, 6) is 3.28. The van der Waals surface area contributed by atoms with E-state index in [0.717, 1.165) is 23.4 Å². The molecular formula is C21H27N5O. The molecule has 5 rings (SSSR count). The standard InChI is InChI=1S/C21H27N5O/c27-19(12-22-20-23-13-24-26-20)25-18-5-3-17(4-6-18)21-8-7-15-2-1-14(10-21)9-16(15)11-21/h3-6,13-16H,1-2,7-12H2,(H,25,27)(H2,22,23,24,26). The van der Waals surface area contributed by atoms with Crippen LogP contribution in [0.4, 0.5) is 11.6 Å².